The van der Waals surface area contributed by atoms with Gasteiger partial charge in [0.05, 0.1) is 17.6 Å². The van der Waals surface area contributed by atoms with Gasteiger partial charge in [-0.1, -0.05) is 24.3 Å². The normalized spacial score (nSPS) is 20.1. The first-order chi connectivity index (χ1) is 10.3. The van der Waals surface area contributed by atoms with Gasteiger partial charge in [0, 0.05) is 13.1 Å². The molecule has 110 valence electrons. The van der Waals surface area contributed by atoms with Crippen molar-refractivity contribution in [2.24, 2.45) is 0 Å². The Bertz CT molecular complexity index is 600. The number of hydrogen-bond acceptors (Lipinski definition) is 3. The maximum Gasteiger partial charge on any atom is 0.133 e. The maximum absolute atomic E-state index is 5.86. The smallest absolute Gasteiger partial charge is 0.133 e. The van der Waals surface area contributed by atoms with Crippen LogP contribution in [0.2, 0.25) is 0 Å². The lowest BCUT2D eigenvalue weighted by molar-refractivity contribution is 0.291. The van der Waals surface area contributed by atoms with Crippen molar-refractivity contribution in [3.8, 4) is 11.5 Å². The zero-order chi connectivity index (χ0) is 14.7. The highest BCUT2D eigenvalue weighted by atomic mass is 79.9. The van der Waals surface area contributed by atoms with Crippen LogP contribution in [-0.2, 0) is 6.54 Å². The average Bonchev–Trinajstić information content (AvgIpc) is 3.25. The molecule has 1 saturated heterocycles. The first kappa shape index (κ1) is 14.4. The van der Waals surface area contributed by atoms with Gasteiger partial charge in [-0.2, -0.15) is 0 Å². The molecule has 3 rings (SSSR count). The predicted octanol–water partition coefficient (Wildman–Crippen LogP) is 3.72. The van der Waals surface area contributed by atoms with Crippen LogP contribution >= 0.6 is 15.9 Å². The molecule has 0 aliphatic carbocycles. The molecule has 2 atom stereocenters. The van der Waals surface area contributed by atoms with Crippen LogP contribution in [-0.4, -0.2) is 31.2 Å². The van der Waals surface area contributed by atoms with Crippen molar-refractivity contribution >= 4 is 15.9 Å². The van der Waals surface area contributed by atoms with Crippen LogP contribution in [0.5, 0.6) is 11.5 Å². The van der Waals surface area contributed by atoms with Crippen molar-refractivity contribution in [1.82, 2.24) is 4.90 Å². The Hall–Kier alpha value is -1.52. The van der Waals surface area contributed by atoms with E-state index in [0.717, 1.165) is 35.7 Å². The minimum Gasteiger partial charge on any atom is -0.497 e. The molecule has 0 bridgehead atoms. The Labute approximate surface area is 133 Å². The predicted molar refractivity (Wildman–Crippen MR) is 86.8 cm³/mol. The van der Waals surface area contributed by atoms with Gasteiger partial charge in [0.1, 0.15) is 18.1 Å². The second-order valence-electron chi connectivity index (χ2n) is 5.17. The lowest BCUT2D eigenvalue weighted by atomic mass is 10.2. The third-order valence-corrected chi connectivity index (χ3v) is 4.30. The molecule has 0 radical (unpaired) electrons. The van der Waals surface area contributed by atoms with E-state index >= 15 is 0 Å². The maximum atomic E-state index is 5.86. The molecule has 2 aromatic rings. The van der Waals surface area contributed by atoms with Gasteiger partial charge in [-0.05, 0) is 45.8 Å². The van der Waals surface area contributed by atoms with E-state index in [4.69, 9.17) is 9.47 Å². The van der Waals surface area contributed by atoms with Crippen LogP contribution in [0, 0.1) is 0 Å². The number of benzene rings is 2. The highest BCUT2D eigenvalue weighted by molar-refractivity contribution is 9.10. The molecule has 21 heavy (non-hydrogen) atoms. The van der Waals surface area contributed by atoms with Crippen molar-refractivity contribution in [3.63, 3.8) is 0 Å². The minimum atomic E-state index is 0.513. The molecule has 1 aliphatic rings. The van der Waals surface area contributed by atoms with Crippen molar-refractivity contribution in [2.75, 3.05) is 20.3 Å². The van der Waals surface area contributed by atoms with Crippen LogP contribution in [0.15, 0.2) is 53.0 Å². The van der Waals surface area contributed by atoms with E-state index in [1.165, 1.54) is 5.56 Å². The lowest BCUT2D eigenvalue weighted by Gasteiger charge is -2.08. The molecule has 1 heterocycles. The van der Waals surface area contributed by atoms with Crippen molar-refractivity contribution in [1.29, 1.82) is 0 Å². The monoisotopic (exact) mass is 347 g/mol. The largest absolute Gasteiger partial charge is 0.497 e. The molecule has 4 heteroatoms. The van der Waals surface area contributed by atoms with E-state index in [0.29, 0.717) is 6.04 Å². The van der Waals surface area contributed by atoms with Crippen LogP contribution in [0.25, 0.3) is 0 Å². The number of halogens is 1. The lowest BCUT2D eigenvalue weighted by Crippen LogP contribution is -2.11. The Morgan fingerprint density at radius 2 is 1.90 bits per heavy atom. The fourth-order valence-corrected chi connectivity index (χ4v) is 2.69. The Morgan fingerprint density at radius 1 is 1.14 bits per heavy atom. The third kappa shape index (κ3) is 3.77. The summed E-state index contributed by atoms with van der Waals surface area (Å²) in [5, 5.41) is 0. The summed E-state index contributed by atoms with van der Waals surface area (Å²) in [4.78, 5) is 2.40. The molecule has 0 spiro atoms. The summed E-state index contributed by atoms with van der Waals surface area (Å²) in [7, 11) is 1.69. The molecule has 1 fully saturated rings. The van der Waals surface area contributed by atoms with Crippen LogP contribution in [0.1, 0.15) is 5.56 Å². The molecular weight excluding hydrogens is 330 g/mol. The van der Waals surface area contributed by atoms with Crippen LogP contribution in [0.4, 0.5) is 0 Å². The molecule has 2 aromatic carbocycles. The summed E-state index contributed by atoms with van der Waals surface area (Å²) in [6.45, 7) is 2.79. The fourth-order valence-electron chi connectivity index (χ4n) is 2.29. The Kier molecular flexibility index (Phi) is 4.46. The highest BCUT2D eigenvalue weighted by Gasteiger charge is 2.34. The highest BCUT2D eigenvalue weighted by Crippen LogP contribution is 2.27. The second-order valence-corrected chi connectivity index (χ2v) is 6.03. The summed E-state index contributed by atoms with van der Waals surface area (Å²) in [5.41, 5.74) is 1.30. The second kappa shape index (κ2) is 6.50. The molecular formula is C17H18BrNO2. The van der Waals surface area contributed by atoms with E-state index in [2.05, 4.69) is 33.0 Å². The molecule has 0 aromatic heterocycles. The van der Waals surface area contributed by atoms with Crippen LogP contribution in [0.3, 0.4) is 0 Å². The minimum absolute atomic E-state index is 0.513. The zero-order valence-electron chi connectivity index (χ0n) is 12.0. The Balaban J connectivity index is 1.47. The van der Waals surface area contributed by atoms with Crippen molar-refractivity contribution < 1.29 is 9.47 Å². The standard InChI is InChI=1S/C17H18BrNO2/c1-20-15-8-6-13(7-9-15)10-19-11-14(19)12-21-17-5-3-2-4-16(17)18/h2-9,14H,10-12H2,1H3. The molecule has 1 aliphatic heterocycles. The number of para-hydroxylation sites is 1. The van der Waals surface area contributed by atoms with E-state index in [-0.39, 0.29) is 0 Å². The number of rotatable bonds is 6. The fraction of sp³-hybridized carbons (Fsp3) is 0.294. The van der Waals surface area contributed by atoms with Gasteiger partial charge in [0.2, 0.25) is 0 Å². The molecule has 0 N–H and O–H groups in total. The van der Waals surface area contributed by atoms with Gasteiger partial charge < -0.3 is 9.47 Å². The van der Waals surface area contributed by atoms with E-state index in [1.807, 2.05) is 36.4 Å². The topological polar surface area (TPSA) is 21.5 Å². The number of ether oxygens (including phenoxy) is 2. The van der Waals surface area contributed by atoms with Gasteiger partial charge in [0.15, 0.2) is 0 Å². The summed E-state index contributed by atoms with van der Waals surface area (Å²) in [6, 6.07) is 16.7. The number of hydrogen-bond donors (Lipinski definition) is 0. The van der Waals surface area contributed by atoms with E-state index in [9.17, 15) is 0 Å². The van der Waals surface area contributed by atoms with Gasteiger partial charge in [0.25, 0.3) is 0 Å². The molecule has 0 saturated carbocycles. The first-order valence-electron chi connectivity index (χ1n) is 7.00. The third-order valence-electron chi connectivity index (χ3n) is 3.64. The first-order valence-corrected chi connectivity index (χ1v) is 7.80. The summed E-state index contributed by atoms with van der Waals surface area (Å²) < 4.78 is 12.0. The van der Waals surface area contributed by atoms with Crippen molar-refractivity contribution in [2.45, 2.75) is 12.6 Å². The van der Waals surface area contributed by atoms with E-state index in [1.54, 1.807) is 7.11 Å². The van der Waals surface area contributed by atoms with Gasteiger partial charge in [-0.25, -0.2) is 0 Å². The van der Waals surface area contributed by atoms with E-state index < -0.39 is 0 Å². The van der Waals surface area contributed by atoms with Gasteiger partial charge in [-0.3, -0.25) is 4.90 Å². The zero-order valence-corrected chi connectivity index (χ0v) is 13.5. The summed E-state index contributed by atoms with van der Waals surface area (Å²) in [6.07, 6.45) is 0. The van der Waals surface area contributed by atoms with Gasteiger partial charge >= 0.3 is 0 Å². The summed E-state index contributed by atoms with van der Waals surface area (Å²) in [5.74, 6) is 1.81. The summed E-state index contributed by atoms with van der Waals surface area (Å²) >= 11 is 3.50. The Morgan fingerprint density at radius 3 is 2.62 bits per heavy atom. The molecule has 3 nitrogen and oxygen atoms in total. The van der Waals surface area contributed by atoms with Crippen LogP contribution < -0.4 is 9.47 Å². The molecule has 0 amide bonds. The SMILES string of the molecule is COc1ccc(CN2CC2COc2ccccc2Br)cc1. The number of nitrogens with zero attached hydrogens (tertiary/aromatic N) is 1. The quantitative estimate of drug-likeness (QED) is 0.743. The number of methoxy groups -OCH3 is 1. The average molecular weight is 348 g/mol. The van der Waals surface area contributed by atoms with Gasteiger partial charge in [-0.15, -0.1) is 0 Å². The molecule has 2 unspecified atom stereocenters. The van der Waals surface area contributed by atoms with Crippen molar-refractivity contribution in [3.05, 3.63) is 58.6 Å².